The van der Waals surface area contributed by atoms with Crippen molar-refractivity contribution in [2.45, 2.75) is 0 Å². The molecule has 0 N–H and O–H groups in total. The van der Waals surface area contributed by atoms with Crippen LogP contribution in [-0.4, -0.2) is 11.3 Å². The molecule has 0 radical (unpaired) electrons. The molecule has 0 spiro atoms. The molecule has 0 aliphatic carbocycles. The lowest BCUT2D eigenvalue weighted by Crippen LogP contribution is -1.86. The number of hydrogen-bond donors (Lipinski definition) is 0. The molecule has 3 aromatic rings. The van der Waals surface area contributed by atoms with Crippen molar-refractivity contribution in [3.8, 4) is 10.4 Å². The van der Waals surface area contributed by atoms with Crippen LogP contribution in [0.15, 0.2) is 48.0 Å². The van der Waals surface area contributed by atoms with Gasteiger partial charge in [-0.25, -0.2) is 0 Å². The smallest absolute Gasteiger partial charge is 0.150 e. The summed E-state index contributed by atoms with van der Waals surface area (Å²) in [5.41, 5.74) is 2.60. The third-order valence-electron chi connectivity index (χ3n) is 2.69. The van der Waals surface area contributed by atoms with Crippen LogP contribution in [0.2, 0.25) is 0 Å². The molecular weight excluding hydrogens is 230 g/mol. The molecule has 0 bridgehead atoms. The Morgan fingerprint density at radius 1 is 1.18 bits per heavy atom. The van der Waals surface area contributed by atoms with E-state index < -0.39 is 0 Å². The van der Waals surface area contributed by atoms with Gasteiger partial charge in [-0.15, -0.1) is 11.3 Å². The summed E-state index contributed by atoms with van der Waals surface area (Å²) in [7, 11) is 0. The highest BCUT2D eigenvalue weighted by Crippen LogP contribution is 2.27. The fraction of sp³-hybridized carbons (Fsp3) is 0. The Kier molecular flexibility index (Phi) is 2.46. The van der Waals surface area contributed by atoms with E-state index >= 15 is 0 Å². The zero-order chi connectivity index (χ0) is 11.7. The SMILES string of the molecule is O=Cc1cccc2ncc(-c3cccs3)cc12. The van der Waals surface area contributed by atoms with E-state index in [4.69, 9.17) is 0 Å². The van der Waals surface area contributed by atoms with Gasteiger partial charge in [0.25, 0.3) is 0 Å². The van der Waals surface area contributed by atoms with Gasteiger partial charge in [-0.2, -0.15) is 0 Å². The van der Waals surface area contributed by atoms with Gasteiger partial charge < -0.3 is 0 Å². The van der Waals surface area contributed by atoms with E-state index in [1.54, 1.807) is 11.3 Å². The lowest BCUT2D eigenvalue weighted by molar-refractivity contribution is 0.112. The zero-order valence-electron chi connectivity index (χ0n) is 8.96. The first-order valence-electron chi connectivity index (χ1n) is 5.26. The summed E-state index contributed by atoms with van der Waals surface area (Å²) in [5.74, 6) is 0. The number of pyridine rings is 1. The predicted molar refractivity (Wildman–Crippen MR) is 70.4 cm³/mol. The van der Waals surface area contributed by atoms with E-state index in [2.05, 4.69) is 11.1 Å². The molecule has 0 saturated heterocycles. The zero-order valence-corrected chi connectivity index (χ0v) is 9.78. The van der Waals surface area contributed by atoms with Gasteiger partial charge in [0.15, 0.2) is 6.29 Å². The van der Waals surface area contributed by atoms with E-state index in [9.17, 15) is 4.79 Å². The molecule has 3 heteroatoms. The van der Waals surface area contributed by atoms with E-state index in [0.29, 0.717) is 5.56 Å². The van der Waals surface area contributed by atoms with Gasteiger partial charge in [0.1, 0.15) is 0 Å². The molecule has 0 aliphatic rings. The van der Waals surface area contributed by atoms with Crippen LogP contribution in [0.4, 0.5) is 0 Å². The second kappa shape index (κ2) is 4.11. The molecule has 0 atom stereocenters. The topological polar surface area (TPSA) is 30.0 Å². The van der Waals surface area contributed by atoms with Crippen molar-refractivity contribution < 1.29 is 4.79 Å². The number of aromatic nitrogens is 1. The maximum Gasteiger partial charge on any atom is 0.150 e. The molecule has 0 aliphatic heterocycles. The van der Waals surface area contributed by atoms with Crippen LogP contribution in [0.1, 0.15) is 10.4 Å². The standard InChI is InChI=1S/C14H9NOS/c16-9-10-3-1-4-13-12(10)7-11(8-15-13)14-5-2-6-17-14/h1-9H. The van der Waals surface area contributed by atoms with Gasteiger partial charge in [0.2, 0.25) is 0 Å². The largest absolute Gasteiger partial charge is 0.298 e. The molecule has 0 saturated carbocycles. The van der Waals surface area contributed by atoms with Crippen LogP contribution >= 0.6 is 11.3 Å². The van der Waals surface area contributed by atoms with E-state index in [1.165, 1.54) is 4.88 Å². The number of nitrogens with zero attached hydrogens (tertiary/aromatic N) is 1. The van der Waals surface area contributed by atoms with E-state index in [1.807, 2.05) is 41.9 Å². The minimum atomic E-state index is 0.688. The van der Waals surface area contributed by atoms with Crippen molar-refractivity contribution in [2.75, 3.05) is 0 Å². The molecule has 2 nitrogen and oxygen atoms in total. The summed E-state index contributed by atoms with van der Waals surface area (Å²) in [4.78, 5) is 16.6. The average Bonchev–Trinajstić information content (AvgIpc) is 2.91. The lowest BCUT2D eigenvalue weighted by atomic mass is 10.1. The number of aldehydes is 1. The Balaban J connectivity index is 2.28. The number of rotatable bonds is 2. The van der Waals surface area contributed by atoms with Crippen LogP contribution in [0.5, 0.6) is 0 Å². The molecule has 0 amide bonds. The number of fused-ring (bicyclic) bond motifs is 1. The summed E-state index contributed by atoms with van der Waals surface area (Å²) in [6, 6.07) is 11.7. The minimum absolute atomic E-state index is 0.688. The first-order valence-corrected chi connectivity index (χ1v) is 6.14. The maximum atomic E-state index is 11.0. The molecule has 3 rings (SSSR count). The molecule has 1 aromatic carbocycles. The third-order valence-corrected chi connectivity index (χ3v) is 3.61. The molecule has 82 valence electrons. The normalized spacial score (nSPS) is 10.6. The second-order valence-electron chi connectivity index (χ2n) is 3.73. The Hall–Kier alpha value is -2.00. The van der Waals surface area contributed by atoms with Crippen LogP contribution in [0, 0.1) is 0 Å². The molecule has 2 heterocycles. The van der Waals surface area contributed by atoms with Gasteiger partial charge in [0.05, 0.1) is 5.52 Å². The Morgan fingerprint density at radius 3 is 2.88 bits per heavy atom. The van der Waals surface area contributed by atoms with Crippen LogP contribution in [0.3, 0.4) is 0 Å². The average molecular weight is 239 g/mol. The predicted octanol–water partition coefficient (Wildman–Crippen LogP) is 3.78. The van der Waals surface area contributed by atoms with Gasteiger partial charge in [-0.3, -0.25) is 9.78 Å². The third kappa shape index (κ3) is 1.74. The lowest BCUT2D eigenvalue weighted by Gasteiger charge is -2.02. The van der Waals surface area contributed by atoms with Crippen molar-refractivity contribution in [3.05, 3.63) is 53.5 Å². The number of thiophene rings is 1. The van der Waals surface area contributed by atoms with E-state index in [-0.39, 0.29) is 0 Å². The highest BCUT2D eigenvalue weighted by molar-refractivity contribution is 7.13. The number of hydrogen-bond acceptors (Lipinski definition) is 3. The summed E-state index contributed by atoms with van der Waals surface area (Å²) in [6.45, 7) is 0. The Labute approximate surface area is 103 Å². The van der Waals surface area contributed by atoms with Crippen LogP contribution in [0.25, 0.3) is 21.3 Å². The van der Waals surface area contributed by atoms with Gasteiger partial charge >= 0.3 is 0 Å². The van der Waals surface area contributed by atoms with Crippen molar-refractivity contribution in [1.29, 1.82) is 0 Å². The van der Waals surface area contributed by atoms with Crippen LogP contribution in [-0.2, 0) is 0 Å². The highest BCUT2D eigenvalue weighted by atomic mass is 32.1. The first-order chi connectivity index (χ1) is 8.38. The Morgan fingerprint density at radius 2 is 2.12 bits per heavy atom. The number of carbonyl (C=O) groups is 1. The minimum Gasteiger partial charge on any atom is -0.298 e. The molecule has 2 aromatic heterocycles. The van der Waals surface area contributed by atoms with E-state index in [0.717, 1.165) is 22.8 Å². The van der Waals surface area contributed by atoms with Gasteiger partial charge in [-0.05, 0) is 23.6 Å². The number of carbonyl (C=O) groups excluding carboxylic acids is 1. The van der Waals surface area contributed by atoms with Crippen molar-refractivity contribution >= 4 is 28.5 Å². The summed E-state index contributed by atoms with van der Waals surface area (Å²) >= 11 is 1.67. The van der Waals surface area contributed by atoms with Crippen molar-refractivity contribution in [2.24, 2.45) is 0 Å². The highest BCUT2D eigenvalue weighted by Gasteiger charge is 2.04. The van der Waals surface area contributed by atoms with Crippen molar-refractivity contribution in [1.82, 2.24) is 4.98 Å². The quantitative estimate of drug-likeness (QED) is 0.637. The van der Waals surface area contributed by atoms with Crippen LogP contribution < -0.4 is 0 Å². The Bertz CT molecular complexity index is 674. The fourth-order valence-corrected chi connectivity index (χ4v) is 2.56. The first kappa shape index (κ1) is 10.2. The fourth-order valence-electron chi connectivity index (χ4n) is 1.85. The monoisotopic (exact) mass is 239 g/mol. The molecule has 0 fully saturated rings. The second-order valence-corrected chi connectivity index (χ2v) is 4.68. The maximum absolute atomic E-state index is 11.0. The summed E-state index contributed by atoms with van der Waals surface area (Å²) in [5, 5.41) is 2.94. The molecule has 17 heavy (non-hydrogen) atoms. The summed E-state index contributed by atoms with van der Waals surface area (Å²) in [6.07, 6.45) is 2.73. The number of benzene rings is 1. The van der Waals surface area contributed by atoms with Gasteiger partial charge in [-0.1, -0.05) is 18.2 Å². The van der Waals surface area contributed by atoms with Crippen molar-refractivity contribution in [3.63, 3.8) is 0 Å². The summed E-state index contributed by atoms with van der Waals surface area (Å²) < 4.78 is 0. The molecular formula is C14H9NOS. The molecule has 0 unspecified atom stereocenters. The van der Waals surface area contributed by atoms with Gasteiger partial charge in [0, 0.05) is 27.6 Å².